The van der Waals surface area contributed by atoms with Crippen LogP contribution >= 0.6 is 23.2 Å². The van der Waals surface area contributed by atoms with Crippen LogP contribution in [0.1, 0.15) is 5.56 Å². The number of hydrogen-bond acceptors (Lipinski definition) is 7. The number of carbonyl (C=O) groups excluding carboxylic acids is 1. The van der Waals surface area contributed by atoms with Crippen LogP contribution in [-0.2, 0) is 20.4 Å². The molecular formula is C18H14Cl2F3NO7. The number of rotatable bonds is 9. The molecule has 2 rings (SSSR count). The summed E-state index contributed by atoms with van der Waals surface area (Å²) in [6, 6.07) is 5.67. The Morgan fingerprint density at radius 3 is 2.45 bits per heavy atom. The van der Waals surface area contributed by atoms with E-state index in [1.165, 1.54) is 6.07 Å². The smallest absolute Gasteiger partial charge is 0.416 e. The first-order valence-corrected chi connectivity index (χ1v) is 9.23. The highest BCUT2D eigenvalue weighted by Gasteiger charge is 2.31. The average molecular weight is 484 g/mol. The van der Waals surface area contributed by atoms with E-state index in [0.29, 0.717) is 6.07 Å². The Morgan fingerprint density at radius 1 is 1.19 bits per heavy atom. The van der Waals surface area contributed by atoms with Gasteiger partial charge < -0.3 is 18.9 Å². The largest absolute Gasteiger partial charge is 0.460 e. The van der Waals surface area contributed by atoms with E-state index in [9.17, 15) is 28.1 Å². The Hall–Kier alpha value is -2.76. The topological polar surface area (TPSA) is 97.1 Å². The molecule has 0 heterocycles. The fourth-order valence-corrected chi connectivity index (χ4v) is 2.50. The van der Waals surface area contributed by atoms with Gasteiger partial charge in [-0.15, -0.1) is 11.6 Å². The normalized spacial score (nSPS) is 12.2. The van der Waals surface area contributed by atoms with Gasteiger partial charge in [-0.2, -0.15) is 13.2 Å². The number of ether oxygens (including phenoxy) is 4. The minimum Gasteiger partial charge on any atom is -0.460 e. The molecule has 0 spiro atoms. The van der Waals surface area contributed by atoms with E-state index in [-0.39, 0.29) is 29.0 Å². The van der Waals surface area contributed by atoms with Crippen LogP contribution in [0.25, 0.3) is 0 Å². The van der Waals surface area contributed by atoms with Crippen LogP contribution in [0.3, 0.4) is 0 Å². The van der Waals surface area contributed by atoms with Crippen LogP contribution in [0.5, 0.6) is 17.2 Å². The lowest BCUT2D eigenvalue weighted by molar-refractivity contribution is -0.386. The van der Waals surface area contributed by atoms with Crippen molar-refractivity contribution in [3.05, 3.63) is 57.1 Å². The minimum atomic E-state index is -4.59. The van der Waals surface area contributed by atoms with Gasteiger partial charge in [0, 0.05) is 19.2 Å². The summed E-state index contributed by atoms with van der Waals surface area (Å²) in [7, 11) is 1.11. The summed E-state index contributed by atoms with van der Waals surface area (Å²) < 4.78 is 58.5. The van der Waals surface area contributed by atoms with Crippen molar-refractivity contribution >= 4 is 34.9 Å². The van der Waals surface area contributed by atoms with Crippen LogP contribution in [0, 0.1) is 10.1 Å². The molecule has 0 radical (unpaired) electrons. The third kappa shape index (κ3) is 6.61. The number of methoxy groups -OCH3 is 1. The SMILES string of the molecule is COC(Oc1cc(Oc2ccc(C(F)(F)F)cc2Cl)ccc1[N+](=O)[O-])C(=O)OCCCl. The molecule has 2 aromatic rings. The van der Waals surface area contributed by atoms with Crippen molar-refractivity contribution in [1.82, 2.24) is 0 Å². The number of nitro groups is 1. The van der Waals surface area contributed by atoms with Crippen molar-refractivity contribution in [3.8, 4) is 17.2 Å². The van der Waals surface area contributed by atoms with Gasteiger partial charge in [-0.05, 0) is 24.3 Å². The zero-order chi connectivity index (χ0) is 23.2. The monoisotopic (exact) mass is 483 g/mol. The van der Waals surface area contributed by atoms with Crippen molar-refractivity contribution in [2.45, 2.75) is 12.5 Å². The summed E-state index contributed by atoms with van der Waals surface area (Å²) in [6.45, 7) is -0.138. The van der Waals surface area contributed by atoms with E-state index >= 15 is 0 Å². The molecule has 0 N–H and O–H groups in total. The van der Waals surface area contributed by atoms with Crippen molar-refractivity contribution in [2.75, 3.05) is 19.6 Å². The molecule has 0 aliphatic carbocycles. The highest BCUT2D eigenvalue weighted by molar-refractivity contribution is 6.32. The summed E-state index contributed by atoms with van der Waals surface area (Å²) in [4.78, 5) is 22.4. The van der Waals surface area contributed by atoms with Gasteiger partial charge in [0.1, 0.15) is 18.1 Å². The lowest BCUT2D eigenvalue weighted by atomic mass is 10.2. The number of benzene rings is 2. The van der Waals surface area contributed by atoms with E-state index in [4.69, 9.17) is 42.1 Å². The Bertz CT molecular complexity index is 956. The van der Waals surface area contributed by atoms with Gasteiger partial charge >= 0.3 is 17.8 Å². The Balaban J connectivity index is 2.31. The molecule has 0 amide bonds. The highest BCUT2D eigenvalue weighted by atomic mass is 35.5. The number of alkyl halides is 4. The maximum Gasteiger partial charge on any atom is 0.416 e. The number of carbonyl (C=O) groups is 1. The van der Waals surface area contributed by atoms with Crippen LogP contribution in [-0.4, -0.2) is 36.8 Å². The summed E-state index contributed by atoms with van der Waals surface area (Å²) in [6.07, 6.45) is -6.24. The maximum atomic E-state index is 12.8. The Labute approximate surface area is 183 Å². The second-order valence-electron chi connectivity index (χ2n) is 5.67. The summed E-state index contributed by atoms with van der Waals surface area (Å²) in [5.41, 5.74) is -1.51. The van der Waals surface area contributed by atoms with Crippen LogP contribution in [0.4, 0.5) is 18.9 Å². The quantitative estimate of drug-likeness (QED) is 0.159. The fourth-order valence-electron chi connectivity index (χ4n) is 2.21. The molecule has 1 unspecified atom stereocenters. The lowest BCUT2D eigenvalue weighted by Crippen LogP contribution is -2.31. The summed E-state index contributed by atoms with van der Waals surface area (Å²) in [5.74, 6) is -1.58. The van der Waals surface area contributed by atoms with Gasteiger partial charge in [-0.3, -0.25) is 10.1 Å². The molecule has 0 aromatic heterocycles. The second-order valence-corrected chi connectivity index (χ2v) is 6.46. The third-order valence-corrected chi connectivity index (χ3v) is 4.03. The van der Waals surface area contributed by atoms with Crippen LogP contribution in [0.15, 0.2) is 36.4 Å². The number of nitrogens with zero attached hydrogens (tertiary/aromatic N) is 1. The molecule has 0 fully saturated rings. The molecule has 168 valence electrons. The predicted molar refractivity (Wildman–Crippen MR) is 103 cm³/mol. The first kappa shape index (κ1) is 24.5. The van der Waals surface area contributed by atoms with Gasteiger partial charge in [0.25, 0.3) is 6.29 Å². The zero-order valence-electron chi connectivity index (χ0n) is 15.7. The Kier molecular flexibility index (Phi) is 8.31. The molecule has 2 aromatic carbocycles. The molecule has 0 saturated carbocycles. The number of nitro benzene ring substituents is 1. The number of hydrogen-bond donors (Lipinski definition) is 0. The minimum absolute atomic E-state index is 0.0134. The maximum absolute atomic E-state index is 12.8. The van der Waals surface area contributed by atoms with E-state index in [0.717, 1.165) is 31.4 Å². The second kappa shape index (κ2) is 10.5. The zero-order valence-corrected chi connectivity index (χ0v) is 17.2. The molecular weight excluding hydrogens is 470 g/mol. The van der Waals surface area contributed by atoms with Crippen LogP contribution < -0.4 is 9.47 Å². The van der Waals surface area contributed by atoms with Gasteiger partial charge in [-0.1, -0.05) is 11.6 Å². The first-order valence-electron chi connectivity index (χ1n) is 8.32. The van der Waals surface area contributed by atoms with Crippen molar-refractivity contribution in [1.29, 1.82) is 0 Å². The summed E-state index contributed by atoms with van der Waals surface area (Å²) >= 11 is 11.3. The average Bonchev–Trinajstić information content (AvgIpc) is 2.70. The van der Waals surface area contributed by atoms with E-state index in [2.05, 4.69) is 0 Å². The van der Waals surface area contributed by atoms with Gasteiger partial charge in [0.05, 0.1) is 21.4 Å². The number of esters is 1. The van der Waals surface area contributed by atoms with Crippen molar-refractivity contribution < 1.29 is 41.8 Å². The molecule has 0 bridgehead atoms. The predicted octanol–water partition coefficient (Wildman–Crippen LogP) is 5.19. The third-order valence-electron chi connectivity index (χ3n) is 3.58. The Morgan fingerprint density at radius 2 is 1.90 bits per heavy atom. The van der Waals surface area contributed by atoms with Crippen molar-refractivity contribution in [2.24, 2.45) is 0 Å². The van der Waals surface area contributed by atoms with Gasteiger partial charge in [0.2, 0.25) is 5.75 Å². The summed E-state index contributed by atoms with van der Waals surface area (Å²) in [5, 5.41) is 10.9. The molecule has 0 aliphatic rings. The van der Waals surface area contributed by atoms with Gasteiger partial charge in [-0.25, -0.2) is 4.79 Å². The molecule has 0 saturated heterocycles. The van der Waals surface area contributed by atoms with E-state index in [1.54, 1.807) is 0 Å². The van der Waals surface area contributed by atoms with Crippen molar-refractivity contribution in [3.63, 3.8) is 0 Å². The van der Waals surface area contributed by atoms with E-state index < -0.39 is 40.4 Å². The molecule has 13 heteroatoms. The molecule has 0 aliphatic heterocycles. The molecule has 31 heavy (non-hydrogen) atoms. The lowest BCUT2D eigenvalue weighted by Gasteiger charge is -2.17. The molecule has 1 atom stereocenters. The first-order chi connectivity index (χ1) is 14.6. The van der Waals surface area contributed by atoms with Gasteiger partial charge in [0.15, 0.2) is 0 Å². The van der Waals surface area contributed by atoms with Crippen LogP contribution in [0.2, 0.25) is 5.02 Å². The standard InChI is InChI=1S/C18H14Cl2F3NO7/c1-28-17(16(25)29-7-6-19)31-15-9-11(3-4-13(15)24(26)27)30-14-5-2-10(8-12(14)20)18(21,22)23/h2-5,8-9,17H,6-7H2,1H3. The fraction of sp³-hybridized carbons (Fsp3) is 0.278. The molecule has 8 nitrogen and oxygen atoms in total. The van der Waals surface area contributed by atoms with E-state index in [1.807, 2.05) is 0 Å². The number of halogens is 5. The highest BCUT2D eigenvalue weighted by Crippen LogP contribution is 2.38.